The zero-order valence-electron chi connectivity index (χ0n) is 14.3. The van der Waals surface area contributed by atoms with Gasteiger partial charge in [-0.1, -0.05) is 12.1 Å². The molecule has 2 rings (SSSR count). The van der Waals surface area contributed by atoms with Gasteiger partial charge in [0.1, 0.15) is 5.82 Å². The van der Waals surface area contributed by atoms with E-state index in [9.17, 15) is 27.2 Å². The highest BCUT2D eigenvalue weighted by Crippen LogP contribution is 2.21. The maximum atomic E-state index is 13.0. The van der Waals surface area contributed by atoms with Crippen LogP contribution in [0.25, 0.3) is 0 Å². The Hall–Kier alpha value is -3.47. The number of sulfonamides is 1. The van der Waals surface area contributed by atoms with Crippen LogP contribution in [-0.4, -0.2) is 39.4 Å². The Morgan fingerprint density at radius 3 is 2.32 bits per heavy atom. The summed E-state index contributed by atoms with van der Waals surface area (Å²) in [7, 11) is -4.09. The van der Waals surface area contributed by atoms with Crippen LogP contribution in [0.2, 0.25) is 0 Å². The molecule has 0 heterocycles. The third kappa shape index (κ3) is 5.77. The molecule has 0 radical (unpaired) electrons. The van der Waals surface area contributed by atoms with E-state index in [1.807, 2.05) is 0 Å². The number of ether oxygens (including phenoxy) is 1. The van der Waals surface area contributed by atoms with Gasteiger partial charge in [-0.25, -0.2) is 17.6 Å². The Labute approximate surface area is 159 Å². The van der Waals surface area contributed by atoms with E-state index in [1.54, 1.807) is 0 Å². The first kappa shape index (κ1) is 20.8. The number of rotatable bonds is 8. The number of para-hydroxylation sites is 1. The fourth-order valence-corrected chi connectivity index (χ4v) is 3.09. The predicted octanol–water partition coefficient (Wildman–Crippen LogP) is 0.385. The van der Waals surface area contributed by atoms with Gasteiger partial charge in [-0.2, -0.15) is 0 Å². The van der Waals surface area contributed by atoms with E-state index >= 15 is 0 Å². The number of carbonyl (C=O) groups excluding carboxylic acids is 3. The molecule has 0 aliphatic carbocycles. The minimum absolute atomic E-state index is 0.0885. The van der Waals surface area contributed by atoms with Crippen LogP contribution in [0.5, 0.6) is 0 Å². The Morgan fingerprint density at radius 2 is 1.68 bits per heavy atom. The van der Waals surface area contributed by atoms with Crippen LogP contribution in [0.4, 0.5) is 10.1 Å². The molecule has 2 aromatic rings. The zero-order valence-corrected chi connectivity index (χ0v) is 15.2. The number of halogens is 1. The number of benzene rings is 2. The highest BCUT2D eigenvalue weighted by molar-refractivity contribution is 7.92. The normalized spacial score (nSPS) is 10.8. The van der Waals surface area contributed by atoms with E-state index < -0.39 is 46.8 Å². The summed E-state index contributed by atoms with van der Waals surface area (Å²) in [6.45, 7) is -1.10. The van der Waals surface area contributed by atoms with Crippen LogP contribution in [0, 0.1) is 5.82 Å². The molecule has 0 fully saturated rings. The summed E-state index contributed by atoms with van der Waals surface area (Å²) in [5.41, 5.74) is 4.64. The summed E-state index contributed by atoms with van der Waals surface area (Å²) < 4.78 is 44.8. The van der Waals surface area contributed by atoms with Crippen molar-refractivity contribution in [1.29, 1.82) is 0 Å². The summed E-state index contributed by atoms with van der Waals surface area (Å²) >= 11 is 0. The molecule has 2 aromatic carbocycles. The Balaban J connectivity index is 2.11. The number of hydrogen-bond acceptors (Lipinski definition) is 6. The lowest BCUT2D eigenvalue weighted by Crippen LogP contribution is -2.36. The fraction of sp³-hybridized carbons (Fsp3) is 0.118. The topological polar surface area (TPSA) is 145 Å². The molecular formula is C17H16FN3O6S. The average Bonchev–Trinajstić information content (AvgIpc) is 2.65. The summed E-state index contributed by atoms with van der Waals surface area (Å²) in [4.78, 5) is 34.1. The van der Waals surface area contributed by atoms with Crippen LogP contribution in [-0.2, 0) is 24.3 Å². The quantitative estimate of drug-likeness (QED) is 0.538. The monoisotopic (exact) mass is 409 g/mol. The maximum Gasteiger partial charge on any atom is 0.340 e. The highest BCUT2D eigenvalue weighted by Gasteiger charge is 2.20. The molecule has 0 spiro atoms. The molecule has 148 valence electrons. The Kier molecular flexibility index (Phi) is 6.66. The van der Waals surface area contributed by atoms with Crippen molar-refractivity contribution in [2.75, 3.05) is 17.9 Å². The first-order chi connectivity index (χ1) is 13.2. The second kappa shape index (κ2) is 8.95. The van der Waals surface area contributed by atoms with Crippen molar-refractivity contribution in [3.05, 3.63) is 59.9 Å². The van der Waals surface area contributed by atoms with Gasteiger partial charge in [0.15, 0.2) is 6.61 Å². The van der Waals surface area contributed by atoms with Gasteiger partial charge in [0.2, 0.25) is 5.91 Å². The van der Waals surface area contributed by atoms with Gasteiger partial charge in [0.05, 0.1) is 22.7 Å². The standard InChI is InChI=1S/C17H16FN3O6S/c18-11-5-7-12(8-6-11)28(25,26)21-14-4-2-1-3-13(14)17(24)27-10-16(23)20-9-15(19)22/h1-8,21H,9-10H2,(H2,19,22)(H,20,23). The number of anilines is 1. The molecule has 9 nitrogen and oxygen atoms in total. The van der Waals surface area contributed by atoms with Crippen molar-refractivity contribution in [2.45, 2.75) is 4.90 Å². The third-order valence-electron chi connectivity index (χ3n) is 3.31. The lowest BCUT2D eigenvalue weighted by molar-refractivity contribution is -0.127. The number of nitrogens with two attached hydrogens (primary N) is 1. The minimum Gasteiger partial charge on any atom is -0.452 e. The van der Waals surface area contributed by atoms with Gasteiger partial charge >= 0.3 is 5.97 Å². The molecule has 0 bridgehead atoms. The first-order valence-electron chi connectivity index (χ1n) is 7.78. The molecule has 2 amide bonds. The fourth-order valence-electron chi connectivity index (χ4n) is 2.01. The zero-order chi connectivity index (χ0) is 20.7. The van der Waals surface area contributed by atoms with E-state index in [2.05, 4.69) is 10.0 Å². The van der Waals surface area contributed by atoms with Crippen molar-refractivity contribution < 1.29 is 31.9 Å². The molecule has 4 N–H and O–H groups in total. The van der Waals surface area contributed by atoms with Crippen molar-refractivity contribution in [3.63, 3.8) is 0 Å². The van der Waals surface area contributed by atoms with E-state index in [-0.39, 0.29) is 16.1 Å². The van der Waals surface area contributed by atoms with Crippen molar-refractivity contribution in [3.8, 4) is 0 Å². The second-order valence-corrected chi connectivity index (χ2v) is 7.11. The van der Waals surface area contributed by atoms with Gasteiger partial charge in [0.25, 0.3) is 15.9 Å². The van der Waals surface area contributed by atoms with Crippen LogP contribution >= 0.6 is 0 Å². The number of esters is 1. The first-order valence-corrected chi connectivity index (χ1v) is 9.27. The highest BCUT2D eigenvalue weighted by atomic mass is 32.2. The third-order valence-corrected chi connectivity index (χ3v) is 4.69. The molecule has 0 aliphatic heterocycles. The predicted molar refractivity (Wildman–Crippen MR) is 96.1 cm³/mol. The molecular weight excluding hydrogens is 393 g/mol. The average molecular weight is 409 g/mol. The lowest BCUT2D eigenvalue weighted by Gasteiger charge is -2.12. The molecule has 28 heavy (non-hydrogen) atoms. The lowest BCUT2D eigenvalue weighted by atomic mass is 10.2. The summed E-state index contributed by atoms with van der Waals surface area (Å²) in [5, 5.41) is 2.13. The number of hydrogen-bond donors (Lipinski definition) is 3. The molecule has 0 saturated heterocycles. The molecule has 0 aromatic heterocycles. The van der Waals surface area contributed by atoms with Crippen LogP contribution < -0.4 is 15.8 Å². The maximum absolute atomic E-state index is 13.0. The van der Waals surface area contributed by atoms with Gasteiger partial charge < -0.3 is 15.8 Å². The van der Waals surface area contributed by atoms with Crippen molar-refractivity contribution in [2.24, 2.45) is 5.73 Å². The number of amides is 2. The SMILES string of the molecule is NC(=O)CNC(=O)COC(=O)c1ccccc1NS(=O)(=O)c1ccc(F)cc1. The van der Waals surface area contributed by atoms with Crippen molar-refractivity contribution >= 4 is 33.5 Å². The summed E-state index contributed by atoms with van der Waals surface area (Å²) in [6.07, 6.45) is 0. The van der Waals surface area contributed by atoms with E-state index in [4.69, 9.17) is 10.5 Å². The van der Waals surface area contributed by atoms with Gasteiger partial charge in [-0.3, -0.25) is 14.3 Å². The summed E-state index contributed by atoms with van der Waals surface area (Å²) in [5.74, 6) is -3.08. The van der Waals surface area contributed by atoms with Crippen LogP contribution in [0.15, 0.2) is 53.4 Å². The Morgan fingerprint density at radius 1 is 1.04 bits per heavy atom. The number of primary amides is 1. The molecule has 0 aliphatic rings. The number of nitrogens with one attached hydrogen (secondary N) is 2. The minimum atomic E-state index is -4.09. The van der Waals surface area contributed by atoms with Gasteiger partial charge in [-0.05, 0) is 36.4 Å². The van der Waals surface area contributed by atoms with E-state index in [0.29, 0.717) is 0 Å². The molecule has 0 unspecified atom stereocenters. The number of carbonyl (C=O) groups is 3. The molecule has 11 heteroatoms. The van der Waals surface area contributed by atoms with E-state index in [0.717, 1.165) is 24.3 Å². The van der Waals surface area contributed by atoms with E-state index in [1.165, 1.54) is 24.3 Å². The van der Waals surface area contributed by atoms with Gasteiger partial charge in [0, 0.05) is 0 Å². The largest absolute Gasteiger partial charge is 0.452 e. The smallest absolute Gasteiger partial charge is 0.340 e. The van der Waals surface area contributed by atoms with Gasteiger partial charge in [-0.15, -0.1) is 0 Å². The molecule has 0 saturated carbocycles. The van der Waals surface area contributed by atoms with Crippen molar-refractivity contribution in [1.82, 2.24) is 5.32 Å². The molecule has 0 atom stereocenters. The second-order valence-electron chi connectivity index (χ2n) is 5.42. The van der Waals surface area contributed by atoms with Crippen LogP contribution in [0.1, 0.15) is 10.4 Å². The Bertz CT molecular complexity index is 992. The van der Waals surface area contributed by atoms with Crippen LogP contribution in [0.3, 0.4) is 0 Å². The summed E-state index contributed by atoms with van der Waals surface area (Å²) in [6, 6.07) is 9.69.